The topological polar surface area (TPSA) is 96.6 Å². The van der Waals surface area contributed by atoms with E-state index in [1.165, 1.54) is 36.0 Å². The Morgan fingerprint density at radius 2 is 1.82 bits per heavy atom. The summed E-state index contributed by atoms with van der Waals surface area (Å²) in [4.78, 5) is 17.2. The number of nitrogens with one attached hydrogen (secondary N) is 1. The molecule has 0 radical (unpaired) electrons. The highest BCUT2D eigenvalue weighted by Crippen LogP contribution is 2.37. The Labute approximate surface area is 239 Å². The highest BCUT2D eigenvalue weighted by molar-refractivity contribution is 8.27. The maximum absolute atomic E-state index is 12.9. The minimum absolute atomic E-state index is 0.0421. The van der Waals surface area contributed by atoms with Crippen LogP contribution in [0, 0.1) is 11.3 Å². The second kappa shape index (κ2) is 13.0. The summed E-state index contributed by atoms with van der Waals surface area (Å²) in [5.41, 5.74) is 1.98. The third-order valence-electron chi connectivity index (χ3n) is 6.94. The fourth-order valence-corrected chi connectivity index (χ4v) is 6.02. The SMILES string of the molecule is C=CCc1ccccc1OCCOc1ccc(/C=C2/C(=N)N3N=C(C4CCCCC4)SC3=NC2=O)cc1OCC. The van der Waals surface area contributed by atoms with Crippen molar-refractivity contribution in [2.75, 3.05) is 19.8 Å². The Balaban J connectivity index is 1.27. The van der Waals surface area contributed by atoms with Gasteiger partial charge in [-0.1, -0.05) is 49.6 Å². The summed E-state index contributed by atoms with van der Waals surface area (Å²) in [5.74, 6) is 1.94. The molecule has 0 unspecified atom stereocenters. The van der Waals surface area contributed by atoms with Gasteiger partial charge in [-0.3, -0.25) is 10.2 Å². The number of rotatable bonds is 11. The van der Waals surface area contributed by atoms with Gasteiger partial charge in [0.1, 0.15) is 24.0 Å². The molecule has 8 nitrogen and oxygen atoms in total. The monoisotopic (exact) mass is 558 g/mol. The third kappa shape index (κ3) is 6.31. The number of fused-ring (bicyclic) bond motifs is 1. The van der Waals surface area contributed by atoms with Gasteiger partial charge < -0.3 is 14.2 Å². The quantitative estimate of drug-likeness (QED) is 0.193. The van der Waals surface area contributed by atoms with Crippen LogP contribution in [0.5, 0.6) is 17.2 Å². The Hall–Kier alpha value is -3.85. The van der Waals surface area contributed by atoms with Gasteiger partial charge >= 0.3 is 0 Å². The number of benzene rings is 2. The van der Waals surface area contributed by atoms with E-state index in [0.29, 0.717) is 48.0 Å². The van der Waals surface area contributed by atoms with E-state index in [1.54, 1.807) is 18.2 Å². The predicted octanol–water partition coefficient (Wildman–Crippen LogP) is 6.47. The Bertz CT molecular complexity index is 1380. The average Bonchev–Trinajstić information content (AvgIpc) is 3.40. The van der Waals surface area contributed by atoms with Crippen LogP contribution in [-0.4, -0.2) is 46.8 Å². The number of nitrogens with zero attached hydrogens (tertiary/aromatic N) is 3. The number of para-hydroxylation sites is 1. The highest BCUT2D eigenvalue weighted by Gasteiger charge is 2.38. The molecular formula is C31H34N4O4S. The van der Waals surface area contributed by atoms with Crippen LogP contribution in [0.1, 0.15) is 50.2 Å². The van der Waals surface area contributed by atoms with E-state index in [-0.39, 0.29) is 11.4 Å². The van der Waals surface area contributed by atoms with Crippen LogP contribution in [0.15, 0.2) is 70.8 Å². The van der Waals surface area contributed by atoms with Crippen molar-refractivity contribution >= 4 is 39.8 Å². The first-order valence-corrected chi connectivity index (χ1v) is 14.6. The number of aliphatic imine (C=N–C) groups is 1. The molecule has 1 aliphatic carbocycles. The first-order valence-electron chi connectivity index (χ1n) is 13.8. The van der Waals surface area contributed by atoms with E-state index in [4.69, 9.17) is 19.6 Å². The van der Waals surface area contributed by atoms with Gasteiger partial charge in [0.15, 0.2) is 17.3 Å². The molecule has 2 aromatic rings. The number of hydrogen-bond acceptors (Lipinski definition) is 7. The largest absolute Gasteiger partial charge is 0.490 e. The third-order valence-corrected chi connectivity index (χ3v) is 8.01. The average molecular weight is 559 g/mol. The van der Waals surface area contributed by atoms with E-state index in [2.05, 4.69) is 16.7 Å². The van der Waals surface area contributed by atoms with Crippen molar-refractivity contribution in [3.8, 4) is 17.2 Å². The lowest BCUT2D eigenvalue weighted by Crippen LogP contribution is -2.35. The van der Waals surface area contributed by atoms with E-state index in [9.17, 15) is 4.79 Å². The minimum Gasteiger partial charge on any atom is -0.490 e. The number of amidine groups is 2. The number of allylic oxidation sites excluding steroid dienone is 1. The van der Waals surface area contributed by atoms with Gasteiger partial charge in [-0.05, 0) is 73.4 Å². The van der Waals surface area contributed by atoms with Crippen molar-refractivity contribution in [2.24, 2.45) is 16.0 Å². The standard InChI is InChI=1S/C31H34N4O4S/c1-3-10-22-11-8-9-14-25(22)38-17-18-39-26-16-15-21(20-27(26)37-4-2)19-24-28(32)35-31(33-29(24)36)40-30(34-35)23-12-6-5-7-13-23/h3,8-9,11,14-16,19-20,23,32H,1,4-7,10,12-13,17-18H2,2H3/b24-19-,32-28?. The summed E-state index contributed by atoms with van der Waals surface area (Å²) in [5, 5.41) is 16.3. The minimum atomic E-state index is -0.434. The Kier molecular flexibility index (Phi) is 9.01. The van der Waals surface area contributed by atoms with Crippen LogP contribution in [0.2, 0.25) is 0 Å². The molecule has 1 saturated carbocycles. The molecule has 2 aliphatic heterocycles. The van der Waals surface area contributed by atoms with Crippen molar-refractivity contribution in [1.29, 1.82) is 5.41 Å². The summed E-state index contributed by atoms with van der Waals surface area (Å²) in [6, 6.07) is 13.3. The smallest absolute Gasteiger partial charge is 0.283 e. The van der Waals surface area contributed by atoms with Crippen molar-refractivity contribution in [3.05, 3.63) is 71.8 Å². The summed E-state index contributed by atoms with van der Waals surface area (Å²) in [6.45, 7) is 6.86. The number of hydrazone groups is 1. The van der Waals surface area contributed by atoms with Crippen LogP contribution in [0.3, 0.4) is 0 Å². The molecule has 2 aromatic carbocycles. The number of carbonyl (C=O) groups excluding carboxylic acids is 1. The van der Waals surface area contributed by atoms with Gasteiger partial charge in [0.05, 0.1) is 12.2 Å². The van der Waals surface area contributed by atoms with E-state index >= 15 is 0 Å². The first-order chi connectivity index (χ1) is 19.6. The van der Waals surface area contributed by atoms with Gasteiger partial charge in [0.2, 0.25) is 5.17 Å². The van der Waals surface area contributed by atoms with Gasteiger partial charge in [0, 0.05) is 5.92 Å². The molecule has 1 N–H and O–H groups in total. The number of hydrogen-bond donors (Lipinski definition) is 1. The summed E-state index contributed by atoms with van der Waals surface area (Å²) >= 11 is 1.42. The lowest BCUT2D eigenvalue weighted by Gasteiger charge is -2.20. The zero-order chi connectivity index (χ0) is 27.9. The fourth-order valence-electron chi connectivity index (χ4n) is 4.96. The van der Waals surface area contributed by atoms with E-state index in [1.807, 2.05) is 43.3 Å². The van der Waals surface area contributed by atoms with Crippen molar-refractivity contribution < 1.29 is 19.0 Å². The molecule has 1 amide bonds. The van der Waals surface area contributed by atoms with E-state index < -0.39 is 5.91 Å². The molecule has 1 fully saturated rings. The van der Waals surface area contributed by atoms with Crippen molar-refractivity contribution in [2.45, 2.75) is 45.4 Å². The van der Waals surface area contributed by atoms with Crippen LogP contribution in [0.25, 0.3) is 6.08 Å². The van der Waals surface area contributed by atoms with Crippen molar-refractivity contribution in [1.82, 2.24) is 5.01 Å². The Morgan fingerprint density at radius 1 is 1.05 bits per heavy atom. The van der Waals surface area contributed by atoms with Gasteiger partial charge in [-0.25, -0.2) is 0 Å². The van der Waals surface area contributed by atoms with Crippen LogP contribution >= 0.6 is 11.8 Å². The number of ether oxygens (including phenoxy) is 3. The number of amides is 1. The van der Waals surface area contributed by atoms with Crippen LogP contribution < -0.4 is 14.2 Å². The van der Waals surface area contributed by atoms with Gasteiger partial charge in [-0.2, -0.15) is 15.1 Å². The molecular weight excluding hydrogens is 524 g/mol. The lowest BCUT2D eigenvalue weighted by molar-refractivity contribution is -0.114. The molecule has 9 heteroatoms. The molecule has 0 bridgehead atoms. The molecule has 0 spiro atoms. The van der Waals surface area contributed by atoms with Gasteiger partial charge in [-0.15, -0.1) is 6.58 Å². The molecule has 0 saturated heterocycles. The molecule has 3 aliphatic rings. The van der Waals surface area contributed by atoms with Crippen LogP contribution in [-0.2, 0) is 11.2 Å². The van der Waals surface area contributed by atoms with Crippen LogP contribution in [0.4, 0.5) is 0 Å². The highest BCUT2D eigenvalue weighted by atomic mass is 32.2. The number of thioether (sulfide) groups is 1. The Morgan fingerprint density at radius 3 is 2.60 bits per heavy atom. The second-order valence-corrected chi connectivity index (χ2v) is 10.7. The van der Waals surface area contributed by atoms with Gasteiger partial charge in [0.25, 0.3) is 5.91 Å². The molecule has 0 atom stereocenters. The molecule has 0 aromatic heterocycles. The maximum atomic E-state index is 12.9. The molecule has 2 heterocycles. The number of carbonyl (C=O) groups is 1. The second-order valence-electron chi connectivity index (χ2n) is 9.73. The van der Waals surface area contributed by atoms with Crippen molar-refractivity contribution in [3.63, 3.8) is 0 Å². The van der Waals surface area contributed by atoms with E-state index in [0.717, 1.165) is 35.6 Å². The normalized spacial score (nSPS) is 18.3. The zero-order valence-electron chi connectivity index (χ0n) is 22.7. The summed E-state index contributed by atoms with van der Waals surface area (Å²) in [7, 11) is 0. The predicted molar refractivity (Wildman–Crippen MR) is 161 cm³/mol. The molecule has 208 valence electrons. The molecule has 5 rings (SSSR count). The fraction of sp³-hybridized carbons (Fsp3) is 0.355. The molecule has 40 heavy (non-hydrogen) atoms. The maximum Gasteiger partial charge on any atom is 0.283 e. The summed E-state index contributed by atoms with van der Waals surface area (Å²) < 4.78 is 17.7. The summed E-state index contributed by atoms with van der Waals surface area (Å²) in [6.07, 6.45) is 10.1. The first kappa shape index (κ1) is 27.7. The zero-order valence-corrected chi connectivity index (χ0v) is 23.5. The lowest BCUT2D eigenvalue weighted by atomic mass is 9.90.